The lowest BCUT2D eigenvalue weighted by Crippen LogP contribution is -2.61. The summed E-state index contributed by atoms with van der Waals surface area (Å²) in [5.41, 5.74) is 2.92. The summed E-state index contributed by atoms with van der Waals surface area (Å²) in [6, 6.07) is 0.547. The van der Waals surface area contributed by atoms with E-state index in [9.17, 15) is 5.11 Å². The Morgan fingerprint density at radius 3 is 3.05 bits per heavy atom. The van der Waals surface area contributed by atoms with E-state index in [1.54, 1.807) is 12.7 Å². The maximum absolute atomic E-state index is 10.6. The van der Waals surface area contributed by atoms with Crippen LogP contribution in [-0.4, -0.2) is 49.0 Å². The lowest BCUT2D eigenvalue weighted by molar-refractivity contribution is -0.0799. The predicted octanol–water partition coefficient (Wildman–Crippen LogP) is 1.97. The maximum atomic E-state index is 10.6. The van der Waals surface area contributed by atoms with Gasteiger partial charge in [0.15, 0.2) is 5.76 Å². The van der Waals surface area contributed by atoms with E-state index >= 15 is 0 Å². The molecule has 0 aromatic carbocycles. The summed E-state index contributed by atoms with van der Waals surface area (Å²) >= 11 is 0. The molecule has 5 atom stereocenters. The molecule has 0 saturated carbocycles. The van der Waals surface area contributed by atoms with Crippen LogP contribution in [0.2, 0.25) is 0 Å². The topological polar surface area (TPSA) is 41.9 Å². The van der Waals surface area contributed by atoms with Crippen molar-refractivity contribution in [3.05, 3.63) is 34.8 Å². The number of allylic oxidation sites excluding steroid dienone is 2. The van der Waals surface area contributed by atoms with Gasteiger partial charge in [-0.15, -0.1) is 0 Å². The lowest BCUT2D eigenvalue weighted by Gasteiger charge is -2.56. The van der Waals surface area contributed by atoms with E-state index in [1.165, 1.54) is 5.57 Å². The molecule has 0 aromatic rings. The van der Waals surface area contributed by atoms with Gasteiger partial charge in [-0.25, -0.2) is 0 Å². The Labute approximate surface area is 131 Å². The zero-order valence-corrected chi connectivity index (χ0v) is 13.2. The van der Waals surface area contributed by atoms with E-state index in [-0.39, 0.29) is 11.5 Å². The standard InChI is InChI=1S/C18H23NO3/c1-19-8-7-18-11-4-5-13(20)17(18)22-16-14(21-2)6-3-10(15(16)18)9-12(11)19/h4-5,11-13,17,20H,3,6-9H2,1-2H3/t11-,12-,13-,17-,18-/m0/s1. The Kier molecular flexibility index (Phi) is 2.51. The van der Waals surface area contributed by atoms with E-state index in [0.717, 1.165) is 43.7 Å². The van der Waals surface area contributed by atoms with Crippen LogP contribution in [-0.2, 0) is 9.47 Å². The molecule has 1 N–H and O–H groups in total. The third-order valence-corrected chi connectivity index (χ3v) is 6.69. The van der Waals surface area contributed by atoms with Gasteiger partial charge in [0.1, 0.15) is 18.0 Å². The molecule has 1 spiro atoms. The highest BCUT2D eigenvalue weighted by Crippen LogP contribution is 2.65. The van der Waals surface area contributed by atoms with E-state index in [2.05, 4.69) is 18.0 Å². The monoisotopic (exact) mass is 301 g/mol. The SMILES string of the molecule is COC1=C2O[C@H]3[C@@H](O)C=C[C@H]4[C@@H]5CC(=C2[C@]43CCN5C)CC1. The number of rotatable bonds is 1. The van der Waals surface area contributed by atoms with Crippen LogP contribution in [0.25, 0.3) is 0 Å². The number of nitrogens with zero attached hydrogens (tertiary/aromatic N) is 1. The largest absolute Gasteiger partial charge is 0.497 e. The number of methoxy groups -OCH3 is 1. The Hall–Kier alpha value is -1.26. The van der Waals surface area contributed by atoms with Crippen LogP contribution in [0.4, 0.5) is 0 Å². The summed E-state index contributed by atoms with van der Waals surface area (Å²) in [6.45, 7) is 1.08. The van der Waals surface area contributed by atoms with Crippen LogP contribution < -0.4 is 0 Å². The number of likely N-dealkylation sites (tertiary alicyclic amines) is 1. The summed E-state index contributed by atoms with van der Waals surface area (Å²) in [6.07, 6.45) is 7.78. The van der Waals surface area contributed by atoms with Gasteiger partial charge in [-0.2, -0.15) is 0 Å². The van der Waals surface area contributed by atoms with Crippen molar-refractivity contribution in [1.29, 1.82) is 0 Å². The second-order valence-corrected chi connectivity index (χ2v) is 7.42. The lowest BCUT2D eigenvalue weighted by atomic mass is 9.52. The molecule has 2 saturated heterocycles. The minimum absolute atomic E-state index is 0.0293. The Bertz CT molecular complexity index is 634. The van der Waals surface area contributed by atoms with E-state index < -0.39 is 6.10 Å². The van der Waals surface area contributed by atoms with E-state index in [0.29, 0.717) is 12.0 Å². The van der Waals surface area contributed by atoms with Gasteiger partial charge in [0.05, 0.1) is 7.11 Å². The third kappa shape index (κ3) is 1.32. The predicted molar refractivity (Wildman–Crippen MR) is 81.9 cm³/mol. The number of hydrogen-bond donors (Lipinski definition) is 1. The number of aliphatic hydroxyl groups is 1. The zero-order chi connectivity index (χ0) is 15.1. The Morgan fingerprint density at radius 2 is 2.23 bits per heavy atom. The maximum Gasteiger partial charge on any atom is 0.161 e. The first-order valence-electron chi connectivity index (χ1n) is 8.40. The number of piperidine rings is 1. The summed E-state index contributed by atoms with van der Waals surface area (Å²) < 4.78 is 12.0. The molecule has 4 heteroatoms. The molecule has 0 aromatic heterocycles. The highest BCUT2D eigenvalue weighted by molar-refractivity contribution is 5.52. The summed E-state index contributed by atoms with van der Waals surface area (Å²) in [4.78, 5) is 2.51. The summed E-state index contributed by atoms with van der Waals surface area (Å²) in [7, 11) is 3.98. The third-order valence-electron chi connectivity index (χ3n) is 6.69. The van der Waals surface area contributed by atoms with Gasteiger partial charge >= 0.3 is 0 Å². The second kappa shape index (κ2) is 4.18. The minimum atomic E-state index is -0.511. The van der Waals surface area contributed by atoms with Gasteiger partial charge in [-0.3, -0.25) is 0 Å². The van der Waals surface area contributed by atoms with Gasteiger partial charge in [0.2, 0.25) is 0 Å². The van der Waals surface area contributed by atoms with Gasteiger partial charge in [-0.1, -0.05) is 17.7 Å². The molecule has 0 unspecified atom stereocenters. The van der Waals surface area contributed by atoms with E-state index in [1.807, 2.05) is 6.08 Å². The molecule has 4 nitrogen and oxygen atoms in total. The van der Waals surface area contributed by atoms with Crippen LogP contribution in [0.15, 0.2) is 34.8 Å². The second-order valence-electron chi connectivity index (χ2n) is 7.42. The smallest absolute Gasteiger partial charge is 0.161 e. The van der Waals surface area contributed by atoms with Crippen molar-refractivity contribution in [2.24, 2.45) is 11.3 Å². The molecular weight excluding hydrogens is 278 g/mol. The van der Waals surface area contributed by atoms with Crippen LogP contribution in [0.1, 0.15) is 25.7 Å². The van der Waals surface area contributed by atoms with Crippen molar-refractivity contribution in [2.45, 2.75) is 43.9 Å². The fourth-order valence-electron chi connectivity index (χ4n) is 5.72. The highest BCUT2D eigenvalue weighted by atomic mass is 16.5. The average molecular weight is 301 g/mol. The first-order chi connectivity index (χ1) is 10.7. The highest BCUT2D eigenvalue weighted by Gasteiger charge is 2.65. The van der Waals surface area contributed by atoms with Gasteiger partial charge < -0.3 is 19.5 Å². The molecule has 5 aliphatic rings. The van der Waals surface area contributed by atoms with Crippen molar-refractivity contribution < 1.29 is 14.6 Å². The van der Waals surface area contributed by atoms with Gasteiger partial charge in [-0.05, 0) is 32.9 Å². The molecule has 2 fully saturated rings. The molecule has 2 aliphatic heterocycles. The van der Waals surface area contributed by atoms with Crippen LogP contribution in [0.3, 0.4) is 0 Å². The van der Waals surface area contributed by atoms with Crippen molar-refractivity contribution in [3.63, 3.8) is 0 Å². The van der Waals surface area contributed by atoms with Gasteiger partial charge in [0.25, 0.3) is 0 Å². The van der Waals surface area contributed by atoms with Crippen LogP contribution in [0, 0.1) is 11.3 Å². The first kappa shape index (κ1) is 13.2. The number of aliphatic hydroxyl groups excluding tert-OH is 1. The molecule has 22 heavy (non-hydrogen) atoms. The number of hydrogen-bond acceptors (Lipinski definition) is 4. The minimum Gasteiger partial charge on any atom is -0.497 e. The average Bonchev–Trinajstić information content (AvgIpc) is 2.88. The fraction of sp³-hybridized carbons (Fsp3) is 0.667. The van der Waals surface area contributed by atoms with Gasteiger partial charge in [0, 0.05) is 29.4 Å². The van der Waals surface area contributed by atoms with Crippen molar-refractivity contribution >= 4 is 0 Å². The van der Waals surface area contributed by atoms with Crippen molar-refractivity contribution in [1.82, 2.24) is 4.90 Å². The molecule has 2 heterocycles. The molecule has 0 amide bonds. The Balaban J connectivity index is 1.78. The molecule has 2 bridgehead atoms. The molecular formula is C18H23NO3. The zero-order valence-electron chi connectivity index (χ0n) is 13.2. The molecule has 3 aliphatic carbocycles. The molecule has 118 valence electrons. The van der Waals surface area contributed by atoms with Crippen LogP contribution >= 0.6 is 0 Å². The van der Waals surface area contributed by atoms with Crippen molar-refractivity contribution in [3.8, 4) is 0 Å². The van der Waals surface area contributed by atoms with E-state index in [4.69, 9.17) is 9.47 Å². The molecule has 5 rings (SSSR count). The summed E-state index contributed by atoms with van der Waals surface area (Å²) in [5, 5.41) is 10.6. The van der Waals surface area contributed by atoms with Crippen molar-refractivity contribution in [2.75, 3.05) is 20.7 Å². The number of ether oxygens (including phenoxy) is 2. The fourth-order valence-corrected chi connectivity index (χ4v) is 5.72. The summed E-state index contributed by atoms with van der Waals surface area (Å²) in [5.74, 6) is 2.39. The normalized spacial score (nSPS) is 45.8. The quantitative estimate of drug-likeness (QED) is 0.752. The van der Waals surface area contributed by atoms with Crippen LogP contribution in [0.5, 0.6) is 0 Å². The molecule has 0 radical (unpaired) electrons. The Morgan fingerprint density at radius 1 is 1.36 bits per heavy atom. The first-order valence-corrected chi connectivity index (χ1v) is 8.40.